The maximum Gasteiger partial charge on any atom is 0.181 e. The predicted molar refractivity (Wildman–Crippen MR) is 77.3 cm³/mol. The molecule has 0 atom stereocenters. The lowest BCUT2D eigenvalue weighted by Gasteiger charge is -1.97. The molecule has 0 saturated heterocycles. The second-order valence-electron chi connectivity index (χ2n) is 4.23. The van der Waals surface area contributed by atoms with Crippen molar-refractivity contribution >= 4 is 12.2 Å². The van der Waals surface area contributed by atoms with Crippen LogP contribution >= 0.6 is 0 Å². The number of oxazole rings is 1. The van der Waals surface area contributed by atoms with Gasteiger partial charge in [-0.3, -0.25) is 0 Å². The quantitative estimate of drug-likeness (QED) is 0.636. The van der Waals surface area contributed by atoms with Crippen molar-refractivity contribution in [2.45, 2.75) is 0 Å². The molecule has 92 valence electrons. The van der Waals surface area contributed by atoms with Crippen LogP contribution < -0.4 is 0 Å². The topological polar surface area (TPSA) is 26.0 Å². The second-order valence-corrected chi connectivity index (χ2v) is 4.23. The van der Waals surface area contributed by atoms with E-state index in [9.17, 15) is 0 Å². The van der Waals surface area contributed by atoms with E-state index in [1.807, 2.05) is 30.3 Å². The highest BCUT2D eigenvalue weighted by atomic mass is 16.3. The molecule has 1 heterocycles. The zero-order valence-corrected chi connectivity index (χ0v) is 10.4. The van der Waals surface area contributed by atoms with E-state index in [1.54, 1.807) is 6.20 Å². The smallest absolute Gasteiger partial charge is 0.181 e. The lowest BCUT2D eigenvalue weighted by molar-refractivity contribution is 0.572. The standard InChI is InChI=1S/C17H13NO/c1-2-4-14(5-3-1)6-7-15-8-10-16(11-9-15)17-12-18-13-19-17/h1-13H/b7-6+. The summed E-state index contributed by atoms with van der Waals surface area (Å²) in [7, 11) is 0. The lowest BCUT2D eigenvalue weighted by atomic mass is 10.1. The molecule has 2 heteroatoms. The van der Waals surface area contributed by atoms with Crippen molar-refractivity contribution in [3.05, 3.63) is 78.3 Å². The summed E-state index contributed by atoms with van der Waals surface area (Å²) in [5, 5.41) is 0. The summed E-state index contributed by atoms with van der Waals surface area (Å²) in [6.07, 6.45) is 7.36. The van der Waals surface area contributed by atoms with Gasteiger partial charge in [-0.1, -0.05) is 66.7 Å². The first-order valence-electron chi connectivity index (χ1n) is 6.14. The highest BCUT2D eigenvalue weighted by Crippen LogP contribution is 2.19. The van der Waals surface area contributed by atoms with Crippen molar-refractivity contribution in [1.82, 2.24) is 4.98 Å². The Balaban J connectivity index is 1.78. The largest absolute Gasteiger partial charge is 0.444 e. The van der Waals surface area contributed by atoms with E-state index < -0.39 is 0 Å². The molecule has 3 aromatic rings. The third-order valence-corrected chi connectivity index (χ3v) is 2.90. The molecule has 0 bridgehead atoms. The molecular weight excluding hydrogens is 234 g/mol. The molecule has 2 aromatic carbocycles. The molecule has 19 heavy (non-hydrogen) atoms. The molecule has 0 saturated carbocycles. The van der Waals surface area contributed by atoms with Gasteiger partial charge < -0.3 is 4.42 Å². The van der Waals surface area contributed by atoms with Crippen LogP contribution in [-0.2, 0) is 0 Å². The average Bonchev–Trinajstić information content (AvgIpc) is 3.01. The van der Waals surface area contributed by atoms with Crippen molar-refractivity contribution in [3.63, 3.8) is 0 Å². The highest BCUT2D eigenvalue weighted by Gasteiger charge is 1.99. The Morgan fingerprint density at radius 2 is 1.47 bits per heavy atom. The summed E-state index contributed by atoms with van der Waals surface area (Å²) >= 11 is 0. The van der Waals surface area contributed by atoms with Crippen LogP contribution in [0.4, 0.5) is 0 Å². The van der Waals surface area contributed by atoms with E-state index in [0.717, 1.165) is 16.9 Å². The Kier molecular flexibility index (Phi) is 3.24. The van der Waals surface area contributed by atoms with Crippen LogP contribution in [0.15, 0.2) is 71.6 Å². The summed E-state index contributed by atoms with van der Waals surface area (Å²) in [6, 6.07) is 18.5. The maximum absolute atomic E-state index is 5.26. The molecule has 0 spiro atoms. The molecule has 0 unspecified atom stereocenters. The minimum absolute atomic E-state index is 0.790. The fourth-order valence-corrected chi connectivity index (χ4v) is 1.87. The molecular formula is C17H13NO. The van der Waals surface area contributed by atoms with E-state index in [1.165, 1.54) is 12.0 Å². The Hall–Kier alpha value is -2.61. The average molecular weight is 247 g/mol. The minimum Gasteiger partial charge on any atom is -0.444 e. The van der Waals surface area contributed by atoms with E-state index >= 15 is 0 Å². The number of nitrogens with zero attached hydrogens (tertiary/aromatic N) is 1. The fourth-order valence-electron chi connectivity index (χ4n) is 1.87. The first-order chi connectivity index (χ1) is 9.42. The number of rotatable bonds is 3. The molecule has 0 amide bonds. The molecule has 0 aliphatic carbocycles. The zero-order chi connectivity index (χ0) is 12.9. The highest BCUT2D eigenvalue weighted by molar-refractivity contribution is 5.71. The normalized spacial score (nSPS) is 10.9. The summed E-state index contributed by atoms with van der Waals surface area (Å²) in [5.41, 5.74) is 3.39. The van der Waals surface area contributed by atoms with Crippen molar-refractivity contribution in [3.8, 4) is 11.3 Å². The molecule has 0 fully saturated rings. The number of aromatic nitrogens is 1. The molecule has 0 aliphatic rings. The van der Waals surface area contributed by atoms with Crippen molar-refractivity contribution in [2.75, 3.05) is 0 Å². The van der Waals surface area contributed by atoms with Gasteiger partial charge in [0.1, 0.15) is 0 Å². The monoisotopic (exact) mass is 247 g/mol. The van der Waals surface area contributed by atoms with Gasteiger partial charge in [0.25, 0.3) is 0 Å². The van der Waals surface area contributed by atoms with Gasteiger partial charge in [0.05, 0.1) is 6.20 Å². The van der Waals surface area contributed by atoms with Gasteiger partial charge >= 0.3 is 0 Å². The summed E-state index contributed by atoms with van der Waals surface area (Å²) in [5.74, 6) is 0.790. The van der Waals surface area contributed by atoms with Crippen LogP contribution in [0, 0.1) is 0 Å². The molecule has 3 rings (SSSR count). The van der Waals surface area contributed by atoms with Crippen LogP contribution in [0.3, 0.4) is 0 Å². The van der Waals surface area contributed by atoms with Crippen molar-refractivity contribution in [1.29, 1.82) is 0 Å². The maximum atomic E-state index is 5.26. The minimum atomic E-state index is 0.790. The van der Waals surface area contributed by atoms with Crippen molar-refractivity contribution < 1.29 is 4.42 Å². The SMILES string of the molecule is C(=C\c1ccc(-c2cnco2)cc1)/c1ccccc1. The third kappa shape index (κ3) is 2.80. The summed E-state index contributed by atoms with van der Waals surface area (Å²) in [6.45, 7) is 0. The summed E-state index contributed by atoms with van der Waals surface area (Å²) < 4.78 is 5.26. The number of hydrogen-bond donors (Lipinski definition) is 0. The van der Waals surface area contributed by atoms with Gasteiger partial charge in [-0.05, 0) is 11.1 Å². The van der Waals surface area contributed by atoms with Crippen LogP contribution in [-0.4, -0.2) is 4.98 Å². The Morgan fingerprint density at radius 1 is 0.789 bits per heavy atom. The van der Waals surface area contributed by atoms with E-state index in [-0.39, 0.29) is 0 Å². The van der Waals surface area contributed by atoms with Crippen molar-refractivity contribution in [2.24, 2.45) is 0 Å². The van der Waals surface area contributed by atoms with Gasteiger partial charge in [-0.2, -0.15) is 0 Å². The lowest BCUT2D eigenvalue weighted by Crippen LogP contribution is -1.76. The molecule has 0 radical (unpaired) electrons. The second kappa shape index (κ2) is 5.36. The Bertz CT molecular complexity index is 652. The summed E-state index contributed by atoms with van der Waals surface area (Å²) in [4.78, 5) is 3.92. The molecule has 0 N–H and O–H groups in total. The van der Waals surface area contributed by atoms with Gasteiger partial charge in [-0.15, -0.1) is 0 Å². The van der Waals surface area contributed by atoms with Crippen LogP contribution in [0.25, 0.3) is 23.5 Å². The predicted octanol–water partition coefficient (Wildman–Crippen LogP) is 4.51. The Morgan fingerprint density at radius 3 is 2.11 bits per heavy atom. The van der Waals surface area contributed by atoms with Gasteiger partial charge in [-0.25, -0.2) is 4.98 Å². The number of benzene rings is 2. The Labute approximate surface area is 112 Å². The third-order valence-electron chi connectivity index (χ3n) is 2.90. The zero-order valence-electron chi connectivity index (χ0n) is 10.4. The van der Waals surface area contributed by atoms with E-state index in [4.69, 9.17) is 4.42 Å². The van der Waals surface area contributed by atoms with Crippen LogP contribution in [0.5, 0.6) is 0 Å². The van der Waals surface area contributed by atoms with E-state index in [0.29, 0.717) is 0 Å². The first-order valence-corrected chi connectivity index (χ1v) is 6.14. The fraction of sp³-hybridized carbons (Fsp3) is 0. The van der Waals surface area contributed by atoms with Gasteiger partial charge in [0.2, 0.25) is 0 Å². The molecule has 1 aromatic heterocycles. The molecule has 2 nitrogen and oxygen atoms in total. The number of hydrogen-bond acceptors (Lipinski definition) is 2. The van der Waals surface area contributed by atoms with Crippen LogP contribution in [0.1, 0.15) is 11.1 Å². The van der Waals surface area contributed by atoms with Crippen LogP contribution in [0.2, 0.25) is 0 Å². The van der Waals surface area contributed by atoms with E-state index in [2.05, 4.69) is 41.4 Å². The molecule has 0 aliphatic heterocycles. The van der Waals surface area contributed by atoms with Gasteiger partial charge in [0, 0.05) is 5.56 Å². The van der Waals surface area contributed by atoms with Gasteiger partial charge in [0.15, 0.2) is 12.2 Å². The first kappa shape index (κ1) is 11.5.